The van der Waals surface area contributed by atoms with E-state index in [9.17, 15) is 31.9 Å². The number of carbonyl (C=O) groups is 1. The zero-order valence-electron chi connectivity index (χ0n) is 17.9. The number of aromatic nitrogens is 4. The summed E-state index contributed by atoms with van der Waals surface area (Å²) in [5.74, 6) is -3.67. The van der Waals surface area contributed by atoms with E-state index in [0.29, 0.717) is 28.9 Å². The molecule has 3 aromatic rings. The van der Waals surface area contributed by atoms with Gasteiger partial charge in [0, 0.05) is 50.7 Å². The summed E-state index contributed by atoms with van der Waals surface area (Å²) in [5, 5.41) is 16.0. The topological polar surface area (TPSA) is 84.1 Å². The van der Waals surface area contributed by atoms with Crippen molar-refractivity contribution in [2.45, 2.75) is 30.5 Å². The molecular formula is C22H20F5N5O2. The van der Waals surface area contributed by atoms with Gasteiger partial charge in [-0.15, -0.1) is 0 Å². The number of aliphatic hydroxyl groups is 1. The van der Waals surface area contributed by atoms with Gasteiger partial charge in [-0.2, -0.15) is 18.3 Å². The minimum Gasteiger partial charge on any atom is -0.389 e. The predicted molar refractivity (Wildman–Crippen MR) is 110 cm³/mol. The van der Waals surface area contributed by atoms with Gasteiger partial charge in [-0.25, -0.2) is 18.7 Å². The fourth-order valence-electron chi connectivity index (χ4n) is 4.34. The smallest absolute Gasteiger partial charge is 0.389 e. The Morgan fingerprint density at radius 3 is 2.65 bits per heavy atom. The Balaban J connectivity index is 1.71. The number of piperidine rings is 1. The molecule has 12 heteroatoms. The molecule has 1 aliphatic heterocycles. The first kappa shape index (κ1) is 23.7. The average Bonchev–Trinajstić information content (AvgIpc) is 3.06. The maximum absolute atomic E-state index is 14.0. The Hall–Kier alpha value is -3.41. The van der Waals surface area contributed by atoms with Crippen LogP contribution >= 0.6 is 0 Å². The van der Waals surface area contributed by atoms with Gasteiger partial charge in [0.2, 0.25) is 5.91 Å². The summed E-state index contributed by atoms with van der Waals surface area (Å²) in [7, 11) is 1.65. The number of carbonyl (C=O) groups excluding carboxylic acids is 1. The Labute approximate surface area is 190 Å². The number of allylic oxidation sites excluding steroid dienone is 1. The van der Waals surface area contributed by atoms with Crippen LogP contribution in [0.4, 0.5) is 22.0 Å². The third-order valence-corrected chi connectivity index (χ3v) is 5.97. The summed E-state index contributed by atoms with van der Waals surface area (Å²) in [6.07, 6.45) is -1.69. The van der Waals surface area contributed by atoms with Crippen LogP contribution in [0.2, 0.25) is 0 Å². The number of rotatable bonds is 4. The lowest BCUT2D eigenvalue weighted by atomic mass is 9.74. The maximum Gasteiger partial charge on any atom is 0.409 e. The minimum absolute atomic E-state index is 0.0275. The van der Waals surface area contributed by atoms with E-state index in [0.717, 1.165) is 17.0 Å². The summed E-state index contributed by atoms with van der Waals surface area (Å²) in [4.78, 5) is 21.6. The second kappa shape index (κ2) is 8.75. The first-order chi connectivity index (χ1) is 15.9. The Morgan fingerprint density at radius 2 is 1.97 bits per heavy atom. The fourth-order valence-corrected chi connectivity index (χ4v) is 4.34. The zero-order valence-corrected chi connectivity index (χ0v) is 17.9. The van der Waals surface area contributed by atoms with Gasteiger partial charge in [0.05, 0.1) is 17.5 Å². The molecule has 180 valence electrons. The van der Waals surface area contributed by atoms with E-state index >= 15 is 0 Å². The van der Waals surface area contributed by atoms with Crippen LogP contribution in [-0.4, -0.2) is 60.5 Å². The van der Waals surface area contributed by atoms with Crippen LogP contribution in [0.1, 0.15) is 23.6 Å². The number of benzene rings is 1. The minimum atomic E-state index is -4.67. The van der Waals surface area contributed by atoms with Gasteiger partial charge in [0.1, 0.15) is 29.0 Å². The van der Waals surface area contributed by atoms with E-state index in [2.05, 4.69) is 15.1 Å². The summed E-state index contributed by atoms with van der Waals surface area (Å²) in [6.45, 7) is -0.304. The van der Waals surface area contributed by atoms with Crippen molar-refractivity contribution in [1.29, 1.82) is 0 Å². The van der Waals surface area contributed by atoms with Gasteiger partial charge >= 0.3 is 6.18 Å². The lowest BCUT2D eigenvalue weighted by Crippen LogP contribution is -2.53. The van der Waals surface area contributed by atoms with Crippen molar-refractivity contribution in [1.82, 2.24) is 24.6 Å². The van der Waals surface area contributed by atoms with Crippen molar-refractivity contribution in [3.8, 4) is 0 Å². The molecule has 0 radical (unpaired) electrons. The SMILES string of the molecule is Cn1nc2cncnc2c1CC1(O)CCN(C(=O)C=CC(F)(F)F)CC1c1cc(F)cc(F)c1. The molecule has 0 aliphatic carbocycles. The van der Waals surface area contributed by atoms with Crippen LogP contribution in [0.25, 0.3) is 11.0 Å². The van der Waals surface area contributed by atoms with Gasteiger partial charge in [-0.1, -0.05) is 0 Å². The molecule has 2 unspecified atom stereocenters. The first-order valence-corrected chi connectivity index (χ1v) is 10.3. The number of alkyl halides is 3. The highest BCUT2D eigenvalue weighted by atomic mass is 19.4. The highest BCUT2D eigenvalue weighted by Gasteiger charge is 2.44. The number of fused-ring (bicyclic) bond motifs is 1. The molecule has 1 saturated heterocycles. The molecule has 1 amide bonds. The lowest BCUT2D eigenvalue weighted by molar-refractivity contribution is -0.132. The van der Waals surface area contributed by atoms with Crippen LogP contribution in [0.15, 0.2) is 42.9 Å². The van der Waals surface area contributed by atoms with Crippen LogP contribution in [0.3, 0.4) is 0 Å². The number of hydrogen-bond donors (Lipinski definition) is 1. The quantitative estimate of drug-likeness (QED) is 0.458. The van der Waals surface area contributed by atoms with Gasteiger partial charge in [0.25, 0.3) is 0 Å². The normalized spacial score (nSPS) is 21.5. The third kappa shape index (κ3) is 4.91. The number of aryl methyl sites for hydroxylation is 1. The molecule has 0 spiro atoms. The molecule has 34 heavy (non-hydrogen) atoms. The second-order valence-corrected chi connectivity index (χ2v) is 8.27. The van der Waals surface area contributed by atoms with E-state index in [1.165, 1.54) is 17.2 Å². The van der Waals surface area contributed by atoms with Crippen molar-refractivity contribution >= 4 is 16.9 Å². The summed E-state index contributed by atoms with van der Waals surface area (Å²) >= 11 is 0. The number of hydrogen-bond acceptors (Lipinski definition) is 5. The molecular weight excluding hydrogens is 461 g/mol. The predicted octanol–water partition coefficient (Wildman–Crippen LogP) is 3.05. The average molecular weight is 481 g/mol. The summed E-state index contributed by atoms with van der Waals surface area (Å²) in [6, 6.07) is 2.76. The molecule has 1 fully saturated rings. The van der Waals surface area contributed by atoms with E-state index in [1.54, 1.807) is 7.05 Å². The van der Waals surface area contributed by atoms with Gasteiger partial charge in [-0.05, 0) is 24.1 Å². The Bertz CT molecular complexity index is 1240. The number of halogens is 5. The molecule has 2 aromatic heterocycles. The maximum atomic E-state index is 14.0. The van der Waals surface area contributed by atoms with Crippen molar-refractivity contribution in [3.05, 3.63) is 65.8 Å². The first-order valence-electron chi connectivity index (χ1n) is 10.3. The number of nitrogens with zero attached hydrogens (tertiary/aromatic N) is 5. The van der Waals surface area contributed by atoms with Crippen molar-refractivity contribution in [2.75, 3.05) is 13.1 Å². The zero-order chi connectivity index (χ0) is 24.7. The Morgan fingerprint density at radius 1 is 1.26 bits per heavy atom. The van der Waals surface area contributed by atoms with Crippen LogP contribution in [0, 0.1) is 11.6 Å². The fraction of sp³-hybridized carbons (Fsp3) is 0.364. The highest BCUT2D eigenvalue weighted by Crippen LogP contribution is 2.40. The largest absolute Gasteiger partial charge is 0.409 e. The van der Waals surface area contributed by atoms with Crippen LogP contribution in [-0.2, 0) is 18.3 Å². The molecule has 1 aliphatic rings. The summed E-state index contributed by atoms with van der Waals surface area (Å²) in [5.41, 5.74) is -0.00309. The van der Waals surface area contributed by atoms with Gasteiger partial charge in [-0.3, -0.25) is 9.48 Å². The van der Waals surface area contributed by atoms with Gasteiger partial charge in [0.15, 0.2) is 0 Å². The lowest BCUT2D eigenvalue weighted by Gasteiger charge is -2.45. The standard InChI is InChI=1S/C22H20F5N5O2/c1-31-18(20-17(30-31)10-28-12-29-20)9-21(34)4-5-32(19(33)2-3-22(25,26)27)11-16(21)13-6-14(23)8-15(24)7-13/h2-3,6-8,10,12,16,34H,4-5,9,11H2,1H3. The van der Waals surface area contributed by atoms with E-state index in [-0.39, 0.29) is 37.6 Å². The number of amides is 1. The van der Waals surface area contributed by atoms with Crippen LogP contribution < -0.4 is 0 Å². The molecule has 3 heterocycles. The van der Waals surface area contributed by atoms with E-state index < -0.39 is 35.2 Å². The monoisotopic (exact) mass is 481 g/mol. The molecule has 1 aromatic carbocycles. The Kier molecular flexibility index (Phi) is 6.11. The highest BCUT2D eigenvalue weighted by molar-refractivity contribution is 5.88. The molecule has 4 rings (SSSR count). The summed E-state index contributed by atoms with van der Waals surface area (Å²) < 4.78 is 67.1. The number of likely N-dealkylation sites (tertiary alicyclic amines) is 1. The van der Waals surface area contributed by atoms with Crippen LogP contribution in [0.5, 0.6) is 0 Å². The van der Waals surface area contributed by atoms with Crippen molar-refractivity contribution < 1.29 is 31.9 Å². The second-order valence-electron chi connectivity index (χ2n) is 8.27. The van der Waals surface area contributed by atoms with E-state index in [4.69, 9.17) is 0 Å². The van der Waals surface area contributed by atoms with Gasteiger partial charge < -0.3 is 10.0 Å². The molecule has 2 atom stereocenters. The molecule has 0 saturated carbocycles. The van der Waals surface area contributed by atoms with E-state index in [1.807, 2.05) is 0 Å². The third-order valence-electron chi connectivity index (χ3n) is 5.97. The molecule has 7 nitrogen and oxygen atoms in total. The van der Waals surface area contributed by atoms with Crippen molar-refractivity contribution in [3.63, 3.8) is 0 Å². The molecule has 1 N–H and O–H groups in total. The molecule has 0 bridgehead atoms. The van der Waals surface area contributed by atoms with Crippen molar-refractivity contribution in [2.24, 2.45) is 7.05 Å².